The molecular formula is C35H30F3N3O3S. The van der Waals surface area contributed by atoms with Gasteiger partial charge in [0, 0.05) is 18.5 Å². The lowest BCUT2D eigenvalue weighted by molar-refractivity contribution is -0.137. The highest BCUT2D eigenvalue weighted by Gasteiger charge is 2.30. The van der Waals surface area contributed by atoms with E-state index in [1.54, 1.807) is 11.4 Å². The van der Waals surface area contributed by atoms with Gasteiger partial charge >= 0.3 is 6.18 Å². The van der Waals surface area contributed by atoms with Gasteiger partial charge in [-0.3, -0.25) is 9.69 Å². The number of benzene rings is 4. The van der Waals surface area contributed by atoms with E-state index >= 15 is 0 Å². The Labute approximate surface area is 263 Å². The molecule has 1 aromatic heterocycles. The third-order valence-corrected chi connectivity index (χ3v) is 8.27. The molecule has 1 aliphatic heterocycles. The molecule has 0 spiro atoms. The number of carbonyl (C=O) groups excluding carboxylic acids is 1. The van der Waals surface area contributed by atoms with E-state index in [1.165, 1.54) is 23.5 Å². The summed E-state index contributed by atoms with van der Waals surface area (Å²) in [6, 6.07) is 30.4. The largest absolute Gasteiger partial charge is 0.454 e. The second kappa shape index (κ2) is 13.5. The van der Waals surface area contributed by atoms with Crippen LogP contribution < -0.4 is 14.8 Å². The summed E-state index contributed by atoms with van der Waals surface area (Å²) in [6.07, 6.45) is -3.82. The van der Waals surface area contributed by atoms with Crippen molar-refractivity contribution in [1.29, 1.82) is 0 Å². The Morgan fingerprint density at radius 2 is 1.51 bits per heavy atom. The molecule has 5 aromatic rings. The minimum Gasteiger partial charge on any atom is -0.454 e. The number of halogens is 3. The van der Waals surface area contributed by atoms with Crippen LogP contribution in [0.3, 0.4) is 0 Å². The average molecular weight is 630 g/mol. The van der Waals surface area contributed by atoms with Crippen LogP contribution in [0, 0.1) is 0 Å². The van der Waals surface area contributed by atoms with Crippen molar-refractivity contribution in [2.75, 3.05) is 6.79 Å². The Morgan fingerprint density at radius 3 is 2.27 bits per heavy atom. The zero-order valence-corrected chi connectivity index (χ0v) is 25.0. The van der Waals surface area contributed by atoms with E-state index in [0.717, 1.165) is 22.8 Å². The Morgan fingerprint density at radius 1 is 0.822 bits per heavy atom. The van der Waals surface area contributed by atoms with Crippen molar-refractivity contribution in [3.63, 3.8) is 0 Å². The molecule has 45 heavy (non-hydrogen) atoms. The van der Waals surface area contributed by atoms with E-state index in [-0.39, 0.29) is 25.3 Å². The summed E-state index contributed by atoms with van der Waals surface area (Å²) < 4.78 is 51.3. The maximum atomic E-state index is 13.4. The average Bonchev–Trinajstić information content (AvgIpc) is 3.71. The van der Waals surface area contributed by atoms with Gasteiger partial charge in [-0.2, -0.15) is 13.2 Å². The number of alkyl halides is 3. The van der Waals surface area contributed by atoms with E-state index in [9.17, 15) is 18.0 Å². The molecular weight excluding hydrogens is 599 g/mol. The maximum absolute atomic E-state index is 13.4. The fourth-order valence-corrected chi connectivity index (χ4v) is 6.08. The van der Waals surface area contributed by atoms with Crippen molar-refractivity contribution in [3.05, 3.63) is 147 Å². The van der Waals surface area contributed by atoms with Crippen LogP contribution in [0.4, 0.5) is 13.2 Å². The molecule has 10 heteroatoms. The van der Waals surface area contributed by atoms with Gasteiger partial charge in [-0.15, -0.1) is 11.3 Å². The zero-order chi connectivity index (χ0) is 31.2. The quantitative estimate of drug-likeness (QED) is 0.162. The lowest BCUT2D eigenvalue weighted by atomic mass is 9.99. The smallest absolute Gasteiger partial charge is 0.416 e. The van der Waals surface area contributed by atoms with Crippen LogP contribution in [-0.2, 0) is 32.2 Å². The molecule has 6 rings (SSSR count). The molecule has 0 saturated heterocycles. The van der Waals surface area contributed by atoms with Crippen molar-refractivity contribution < 1.29 is 27.4 Å². The number of aromatic nitrogens is 1. The standard InChI is InChI=1S/C35H30F3N3O3S/c36-35(37,38)28-13-7-10-25(16-28)19-41(20-26-14-15-31-32(18-26)44-23-43-31)21-33-39-30(22-45-33)34(42)40-29(27-11-5-2-6-12-27)17-24-8-3-1-4-9-24/h1-16,18,22,29H,17,19-21,23H2,(H,40,42)/t29-/m1/s1. The number of thiazole rings is 1. The number of nitrogens with zero attached hydrogens (tertiary/aromatic N) is 2. The Bertz CT molecular complexity index is 1750. The van der Waals surface area contributed by atoms with Crippen LogP contribution in [0.5, 0.6) is 11.5 Å². The molecule has 1 aliphatic rings. The molecule has 0 aliphatic carbocycles. The highest BCUT2D eigenvalue weighted by Crippen LogP contribution is 2.34. The second-order valence-corrected chi connectivity index (χ2v) is 11.7. The van der Waals surface area contributed by atoms with Crippen LogP contribution in [0.25, 0.3) is 0 Å². The predicted molar refractivity (Wildman–Crippen MR) is 166 cm³/mol. The van der Waals surface area contributed by atoms with Crippen molar-refractivity contribution in [1.82, 2.24) is 15.2 Å². The number of hydrogen-bond donors (Lipinski definition) is 1. The van der Waals surface area contributed by atoms with Crippen molar-refractivity contribution in [2.45, 2.75) is 38.3 Å². The summed E-state index contributed by atoms with van der Waals surface area (Å²) >= 11 is 1.34. The number of amides is 1. The van der Waals surface area contributed by atoms with Gasteiger partial charge in [-0.25, -0.2) is 4.98 Å². The van der Waals surface area contributed by atoms with Gasteiger partial charge in [0.1, 0.15) is 10.7 Å². The topological polar surface area (TPSA) is 63.7 Å². The Balaban J connectivity index is 1.20. The van der Waals surface area contributed by atoms with Gasteiger partial charge in [-0.1, -0.05) is 84.9 Å². The molecule has 1 atom stereocenters. The monoisotopic (exact) mass is 629 g/mol. The fraction of sp³-hybridized carbons (Fsp3) is 0.200. The zero-order valence-electron chi connectivity index (χ0n) is 24.2. The van der Waals surface area contributed by atoms with Gasteiger partial charge in [0.15, 0.2) is 11.5 Å². The molecule has 0 fully saturated rings. The number of carbonyl (C=O) groups is 1. The first-order valence-electron chi connectivity index (χ1n) is 14.4. The van der Waals surface area contributed by atoms with E-state index in [2.05, 4.69) is 10.3 Å². The minimum atomic E-state index is -4.44. The normalized spacial score (nSPS) is 13.2. The summed E-state index contributed by atoms with van der Waals surface area (Å²) in [5, 5.41) is 5.54. The van der Waals surface area contributed by atoms with Crippen LogP contribution in [0.2, 0.25) is 0 Å². The Hall–Kier alpha value is -4.67. The van der Waals surface area contributed by atoms with Crippen molar-refractivity contribution in [3.8, 4) is 11.5 Å². The first-order valence-corrected chi connectivity index (χ1v) is 15.3. The highest BCUT2D eigenvalue weighted by atomic mass is 32.1. The molecule has 6 nitrogen and oxygen atoms in total. The van der Waals surface area contributed by atoms with Crippen LogP contribution in [0.15, 0.2) is 109 Å². The van der Waals surface area contributed by atoms with E-state index in [1.807, 2.05) is 83.8 Å². The molecule has 0 unspecified atom stereocenters. The summed E-state index contributed by atoms with van der Waals surface area (Å²) in [4.78, 5) is 20.1. The molecule has 0 radical (unpaired) electrons. The summed E-state index contributed by atoms with van der Waals surface area (Å²) in [6.45, 7) is 1.13. The first-order chi connectivity index (χ1) is 21.8. The molecule has 0 bridgehead atoms. The van der Waals surface area contributed by atoms with Crippen molar-refractivity contribution in [2.24, 2.45) is 0 Å². The summed E-state index contributed by atoms with van der Waals surface area (Å²) in [5.74, 6) is 0.991. The number of rotatable bonds is 11. The minimum absolute atomic E-state index is 0.146. The third kappa shape index (κ3) is 7.89. The van der Waals surface area contributed by atoms with Gasteiger partial charge < -0.3 is 14.8 Å². The maximum Gasteiger partial charge on any atom is 0.416 e. The van der Waals surface area contributed by atoms with Crippen LogP contribution in [-0.4, -0.2) is 22.6 Å². The first kappa shape index (κ1) is 30.4. The molecule has 4 aromatic carbocycles. The van der Waals surface area contributed by atoms with Crippen molar-refractivity contribution >= 4 is 17.2 Å². The SMILES string of the molecule is O=C(N[C@H](Cc1ccccc1)c1ccccc1)c1csc(CN(Cc2cccc(C(F)(F)F)c2)Cc2ccc3c(c2)OCO3)n1. The fourth-order valence-electron chi connectivity index (χ4n) is 5.27. The van der Waals surface area contributed by atoms with E-state index in [4.69, 9.17) is 9.47 Å². The van der Waals surface area contributed by atoms with E-state index in [0.29, 0.717) is 47.3 Å². The molecule has 2 heterocycles. The highest BCUT2D eigenvalue weighted by molar-refractivity contribution is 7.09. The lowest BCUT2D eigenvalue weighted by Gasteiger charge is -2.22. The van der Waals surface area contributed by atoms with Gasteiger partial charge in [-0.05, 0) is 46.9 Å². The van der Waals surface area contributed by atoms with Crippen LogP contribution >= 0.6 is 11.3 Å². The summed E-state index contributed by atoms with van der Waals surface area (Å²) in [5.41, 5.74) is 3.12. The van der Waals surface area contributed by atoms with Gasteiger partial charge in [0.2, 0.25) is 6.79 Å². The predicted octanol–water partition coefficient (Wildman–Crippen LogP) is 7.81. The second-order valence-electron chi connectivity index (χ2n) is 10.8. The van der Waals surface area contributed by atoms with Gasteiger partial charge in [0.25, 0.3) is 5.91 Å². The molecule has 1 N–H and O–H groups in total. The summed E-state index contributed by atoms with van der Waals surface area (Å²) in [7, 11) is 0. The number of ether oxygens (including phenoxy) is 2. The molecule has 1 amide bonds. The van der Waals surface area contributed by atoms with E-state index < -0.39 is 11.7 Å². The number of nitrogens with one attached hydrogen (secondary N) is 1. The number of fused-ring (bicyclic) bond motifs is 1. The third-order valence-electron chi connectivity index (χ3n) is 7.44. The molecule has 230 valence electrons. The number of hydrogen-bond acceptors (Lipinski definition) is 6. The van der Waals surface area contributed by atoms with Crippen LogP contribution in [0.1, 0.15) is 49.4 Å². The molecule has 0 saturated carbocycles. The van der Waals surface area contributed by atoms with Gasteiger partial charge in [0.05, 0.1) is 18.2 Å². The Kier molecular flexibility index (Phi) is 9.13. The lowest BCUT2D eigenvalue weighted by Crippen LogP contribution is -2.30.